The van der Waals surface area contributed by atoms with Crippen molar-refractivity contribution in [3.8, 4) is 5.88 Å². The van der Waals surface area contributed by atoms with Crippen molar-refractivity contribution in [2.24, 2.45) is 0 Å². The van der Waals surface area contributed by atoms with Gasteiger partial charge in [0.2, 0.25) is 5.88 Å². The van der Waals surface area contributed by atoms with Crippen LogP contribution in [0.25, 0.3) is 0 Å². The van der Waals surface area contributed by atoms with E-state index in [-0.39, 0.29) is 0 Å². The minimum Gasteiger partial charge on any atom is -0.481 e. The van der Waals surface area contributed by atoms with Crippen molar-refractivity contribution in [3.05, 3.63) is 32.9 Å². The molecule has 0 amide bonds. The van der Waals surface area contributed by atoms with Gasteiger partial charge in [0, 0.05) is 19.7 Å². The molecule has 0 fully saturated rings. The molecule has 2 aromatic heterocycles. The number of hydrogen-bond donors (Lipinski definition) is 1. The number of nitrogens with zero attached hydrogens (tertiary/aromatic N) is 2. The molecule has 0 aliphatic heterocycles. The first-order chi connectivity index (χ1) is 8.60. The Kier molecular flexibility index (Phi) is 4.08. The molecule has 0 aliphatic carbocycles. The average molecular weight is 328 g/mol. The van der Waals surface area contributed by atoms with Crippen LogP contribution in [0.5, 0.6) is 5.88 Å². The summed E-state index contributed by atoms with van der Waals surface area (Å²) in [5, 5.41) is 2.11. The van der Waals surface area contributed by atoms with Gasteiger partial charge in [0.05, 0.1) is 16.6 Å². The zero-order valence-electron chi connectivity index (χ0n) is 10.2. The number of hydrogen-bond acceptors (Lipinski definition) is 5. The second kappa shape index (κ2) is 5.58. The van der Waals surface area contributed by atoms with Gasteiger partial charge in [0.25, 0.3) is 0 Å². The summed E-state index contributed by atoms with van der Waals surface area (Å²) < 4.78 is 6.24. The van der Waals surface area contributed by atoms with Crippen LogP contribution in [0.4, 0.5) is 11.5 Å². The van der Waals surface area contributed by atoms with E-state index >= 15 is 0 Å². The van der Waals surface area contributed by atoms with Crippen molar-refractivity contribution in [2.45, 2.75) is 6.54 Å². The molecule has 2 N–H and O–H groups in total. The summed E-state index contributed by atoms with van der Waals surface area (Å²) in [6.45, 7) is 0.756. The van der Waals surface area contributed by atoms with Gasteiger partial charge in [-0.05, 0) is 39.0 Å². The molecule has 0 radical (unpaired) electrons. The maximum atomic E-state index is 5.94. The molecule has 6 heteroatoms. The van der Waals surface area contributed by atoms with Gasteiger partial charge in [0.15, 0.2) is 5.82 Å². The highest BCUT2D eigenvalue weighted by molar-refractivity contribution is 9.11. The number of pyridine rings is 1. The van der Waals surface area contributed by atoms with E-state index in [0.29, 0.717) is 11.6 Å². The highest BCUT2D eigenvalue weighted by Crippen LogP contribution is 2.26. The first-order valence-electron chi connectivity index (χ1n) is 5.34. The Morgan fingerprint density at radius 1 is 1.50 bits per heavy atom. The van der Waals surface area contributed by atoms with Gasteiger partial charge >= 0.3 is 0 Å². The van der Waals surface area contributed by atoms with Crippen LogP contribution in [0.1, 0.15) is 5.56 Å². The van der Waals surface area contributed by atoms with Crippen LogP contribution >= 0.6 is 27.3 Å². The zero-order valence-corrected chi connectivity index (χ0v) is 12.6. The summed E-state index contributed by atoms with van der Waals surface area (Å²) in [7, 11) is 3.56. The summed E-state index contributed by atoms with van der Waals surface area (Å²) in [5.41, 5.74) is 7.80. The molecule has 2 aromatic rings. The summed E-state index contributed by atoms with van der Waals surface area (Å²) in [4.78, 5) is 6.37. The van der Waals surface area contributed by atoms with Crippen LogP contribution in [-0.4, -0.2) is 19.1 Å². The smallest absolute Gasteiger partial charge is 0.215 e. The first-order valence-corrected chi connectivity index (χ1v) is 7.02. The number of rotatable bonds is 4. The summed E-state index contributed by atoms with van der Waals surface area (Å²) in [5.74, 6) is 1.30. The highest BCUT2D eigenvalue weighted by Gasteiger charge is 2.10. The van der Waals surface area contributed by atoms with Crippen LogP contribution < -0.4 is 15.4 Å². The van der Waals surface area contributed by atoms with E-state index in [1.165, 1.54) is 5.56 Å². The van der Waals surface area contributed by atoms with Crippen molar-refractivity contribution >= 4 is 38.8 Å². The molecular weight excluding hydrogens is 314 g/mol. The Balaban J connectivity index is 2.20. The number of aromatic nitrogens is 1. The zero-order chi connectivity index (χ0) is 13.1. The van der Waals surface area contributed by atoms with E-state index in [9.17, 15) is 0 Å². The van der Waals surface area contributed by atoms with E-state index in [0.717, 1.165) is 16.1 Å². The van der Waals surface area contributed by atoms with Gasteiger partial charge in [0.1, 0.15) is 0 Å². The fraction of sp³-hybridized carbons (Fsp3) is 0.250. The third-order valence-corrected chi connectivity index (χ3v) is 4.05. The Bertz CT molecular complexity index is 544. The minimum absolute atomic E-state index is 0.567. The van der Waals surface area contributed by atoms with Gasteiger partial charge in [-0.2, -0.15) is 4.98 Å². The van der Waals surface area contributed by atoms with E-state index in [4.69, 9.17) is 10.5 Å². The van der Waals surface area contributed by atoms with Crippen LogP contribution in [-0.2, 0) is 6.54 Å². The Morgan fingerprint density at radius 2 is 2.28 bits per heavy atom. The SMILES string of the molecule is COc1ccc(N)c(N(C)Cc2csc(Br)c2)n1. The number of ether oxygens (including phenoxy) is 1. The van der Waals surface area contributed by atoms with Crippen molar-refractivity contribution in [2.75, 3.05) is 24.8 Å². The Hall–Kier alpha value is -1.27. The highest BCUT2D eigenvalue weighted by atomic mass is 79.9. The number of halogens is 1. The van der Waals surface area contributed by atoms with E-state index in [1.807, 2.05) is 11.9 Å². The predicted octanol–water partition coefficient (Wildman–Crippen LogP) is 3.13. The van der Waals surface area contributed by atoms with E-state index < -0.39 is 0 Å². The molecule has 2 rings (SSSR count). The maximum Gasteiger partial charge on any atom is 0.215 e. The minimum atomic E-state index is 0.567. The predicted molar refractivity (Wildman–Crippen MR) is 79.3 cm³/mol. The number of nitrogen functional groups attached to an aromatic ring is 1. The molecule has 2 heterocycles. The molecule has 0 saturated carbocycles. The molecule has 0 spiro atoms. The lowest BCUT2D eigenvalue weighted by Gasteiger charge is -2.19. The lowest BCUT2D eigenvalue weighted by atomic mass is 10.3. The number of thiophene rings is 1. The molecular formula is C12H14BrN3OS. The third kappa shape index (κ3) is 2.94. The normalized spacial score (nSPS) is 10.4. The number of nitrogens with two attached hydrogens (primary N) is 1. The number of anilines is 2. The third-order valence-electron chi connectivity index (χ3n) is 2.49. The summed E-state index contributed by atoms with van der Waals surface area (Å²) in [6.07, 6.45) is 0. The molecule has 0 unspecified atom stereocenters. The van der Waals surface area contributed by atoms with Crippen LogP contribution in [0.3, 0.4) is 0 Å². The van der Waals surface area contributed by atoms with Crippen molar-refractivity contribution < 1.29 is 4.74 Å². The molecule has 0 atom stereocenters. The van der Waals surface area contributed by atoms with Crippen LogP contribution in [0, 0.1) is 0 Å². The first kappa shape index (κ1) is 13.2. The Labute approximate surface area is 119 Å². The monoisotopic (exact) mass is 327 g/mol. The fourth-order valence-electron chi connectivity index (χ4n) is 1.64. The number of methoxy groups -OCH3 is 1. The second-order valence-electron chi connectivity index (χ2n) is 3.88. The van der Waals surface area contributed by atoms with Crippen molar-refractivity contribution in [3.63, 3.8) is 0 Å². The van der Waals surface area contributed by atoms with Gasteiger partial charge in [-0.1, -0.05) is 0 Å². The van der Waals surface area contributed by atoms with Crippen molar-refractivity contribution in [1.29, 1.82) is 0 Å². The summed E-state index contributed by atoms with van der Waals surface area (Å²) >= 11 is 5.12. The molecule has 0 aliphatic rings. The lowest BCUT2D eigenvalue weighted by Crippen LogP contribution is -2.19. The molecule has 0 aromatic carbocycles. The van der Waals surface area contributed by atoms with Crippen molar-refractivity contribution in [1.82, 2.24) is 4.98 Å². The maximum absolute atomic E-state index is 5.94. The molecule has 96 valence electrons. The van der Waals surface area contributed by atoms with Crippen LogP contribution in [0.2, 0.25) is 0 Å². The second-order valence-corrected chi connectivity index (χ2v) is 6.17. The molecule has 0 bridgehead atoms. The van der Waals surface area contributed by atoms with Gasteiger partial charge in [-0.25, -0.2) is 0 Å². The Morgan fingerprint density at radius 3 is 2.89 bits per heavy atom. The molecule has 0 saturated heterocycles. The van der Waals surface area contributed by atoms with Gasteiger partial charge in [-0.15, -0.1) is 11.3 Å². The van der Waals surface area contributed by atoms with Gasteiger partial charge < -0.3 is 15.4 Å². The van der Waals surface area contributed by atoms with Gasteiger partial charge in [-0.3, -0.25) is 0 Å². The quantitative estimate of drug-likeness (QED) is 0.937. The molecule has 18 heavy (non-hydrogen) atoms. The van der Waals surface area contributed by atoms with E-state index in [2.05, 4.69) is 32.4 Å². The van der Waals surface area contributed by atoms with Crippen LogP contribution in [0.15, 0.2) is 27.4 Å². The standard InChI is InChI=1S/C12H14BrN3OS/c1-16(6-8-5-10(13)18-7-8)12-9(14)3-4-11(15-12)17-2/h3-5,7H,6,14H2,1-2H3. The van der Waals surface area contributed by atoms with E-state index in [1.54, 1.807) is 30.6 Å². The largest absolute Gasteiger partial charge is 0.481 e. The summed E-state index contributed by atoms with van der Waals surface area (Å²) in [6, 6.07) is 5.66. The fourth-order valence-corrected chi connectivity index (χ4v) is 2.84. The topological polar surface area (TPSA) is 51.4 Å². The molecule has 4 nitrogen and oxygen atoms in total. The average Bonchev–Trinajstić information content (AvgIpc) is 2.75. The lowest BCUT2D eigenvalue weighted by molar-refractivity contribution is 0.398.